The summed E-state index contributed by atoms with van der Waals surface area (Å²) in [4.78, 5) is 47.7. The largest absolute Gasteiger partial charge is 0.463 e. The molecule has 9 nitrogen and oxygen atoms in total. The lowest BCUT2D eigenvalue weighted by Gasteiger charge is -2.60. The van der Waals surface area contributed by atoms with Gasteiger partial charge in [0.15, 0.2) is 0 Å². The third-order valence-corrected chi connectivity index (χ3v) is 15.3. The Balaban J connectivity index is 0.000000156. The van der Waals surface area contributed by atoms with E-state index in [1.54, 1.807) is 13.8 Å². The average molecular weight is 745 g/mol. The molecule has 8 aliphatic carbocycles. The lowest BCUT2D eigenvalue weighted by atomic mass is 9.49. The van der Waals surface area contributed by atoms with E-state index in [2.05, 4.69) is 13.8 Å². The second-order valence-corrected chi connectivity index (χ2v) is 19.9. The summed E-state index contributed by atoms with van der Waals surface area (Å²) < 4.78 is 22.0. The van der Waals surface area contributed by atoms with Gasteiger partial charge in [0.05, 0.1) is 29.5 Å². The SMILES string of the molecule is CCC(C)(C)C(=O)OC1(CC)C2CC3CC(C2)CC1C3.CCC(C)(C)C(=O)OC1CCOC1=O.CCC(C)(CO)C(=O)OC12CC3CC(CC(C3)C1)C2. The van der Waals surface area contributed by atoms with Gasteiger partial charge in [-0.1, -0.05) is 27.7 Å². The van der Waals surface area contributed by atoms with Crippen molar-refractivity contribution in [3.8, 4) is 0 Å². The number of carbonyl (C=O) groups excluding carboxylic acids is 4. The van der Waals surface area contributed by atoms with Crippen LogP contribution in [0.3, 0.4) is 0 Å². The molecule has 9 fully saturated rings. The van der Waals surface area contributed by atoms with Crippen molar-refractivity contribution in [2.45, 2.75) is 182 Å². The van der Waals surface area contributed by atoms with Crippen LogP contribution in [0.25, 0.3) is 0 Å². The Hall–Kier alpha value is -2.16. The van der Waals surface area contributed by atoms with Crippen LogP contribution in [-0.4, -0.2) is 59.5 Å². The van der Waals surface area contributed by atoms with Crippen molar-refractivity contribution >= 4 is 23.9 Å². The summed E-state index contributed by atoms with van der Waals surface area (Å²) in [7, 11) is 0. The van der Waals surface area contributed by atoms with E-state index in [-0.39, 0.29) is 41.1 Å². The van der Waals surface area contributed by atoms with E-state index in [0.717, 1.165) is 61.7 Å². The zero-order chi connectivity index (χ0) is 39.0. The van der Waals surface area contributed by atoms with E-state index in [1.807, 2.05) is 34.6 Å². The monoisotopic (exact) mass is 745 g/mol. The van der Waals surface area contributed by atoms with Gasteiger partial charge < -0.3 is 24.1 Å². The van der Waals surface area contributed by atoms with Gasteiger partial charge in [-0.15, -0.1) is 0 Å². The van der Waals surface area contributed by atoms with E-state index in [1.165, 1.54) is 51.4 Å². The minimum Gasteiger partial charge on any atom is -0.463 e. The molecule has 9 heteroatoms. The molecule has 1 aliphatic heterocycles. The maximum absolute atomic E-state index is 12.6. The molecule has 9 aliphatic rings. The lowest BCUT2D eigenvalue weighted by molar-refractivity contribution is -0.218. The number of ether oxygens (including phenoxy) is 4. The highest BCUT2D eigenvalue weighted by molar-refractivity contribution is 5.82. The van der Waals surface area contributed by atoms with E-state index in [9.17, 15) is 24.3 Å². The van der Waals surface area contributed by atoms with Gasteiger partial charge >= 0.3 is 23.9 Å². The lowest BCUT2D eigenvalue weighted by Crippen LogP contribution is -2.60. The van der Waals surface area contributed by atoms with Gasteiger partial charge in [-0.2, -0.15) is 0 Å². The molecule has 302 valence electrons. The van der Waals surface area contributed by atoms with Crippen LogP contribution in [0.2, 0.25) is 0 Å². The number of rotatable bonds is 11. The number of cyclic esters (lactones) is 1. The van der Waals surface area contributed by atoms with Crippen molar-refractivity contribution in [3.63, 3.8) is 0 Å². The summed E-state index contributed by atoms with van der Waals surface area (Å²) in [5.74, 6) is 4.57. The van der Waals surface area contributed by atoms with Crippen LogP contribution in [0.4, 0.5) is 0 Å². The van der Waals surface area contributed by atoms with Crippen LogP contribution in [0.5, 0.6) is 0 Å². The normalized spacial score (nSPS) is 37.4. The maximum Gasteiger partial charge on any atom is 0.347 e. The van der Waals surface area contributed by atoms with Gasteiger partial charge in [-0.25, -0.2) is 4.79 Å². The van der Waals surface area contributed by atoms with E-state index < -0.39 is 22.9 Å². The number of carbonyl (C=O) groups is 4. The van der Waals surface area contributed by atoms with Crippen molar-refractivity contribution in [3.05, 3.63) is 0 Å². The third-order valence-electron chi connectivity index (χ3n) is 15.3. The van der Waals surface area contributed by atoms with Crippen molar-refractivity contribution in [2.75, 3.05) is 13.2 Å². The summed E-state index contributed by atoms with van der Waals surface area (Å²) in [6.45, 7) is 17.9. The molecule has 8 bridgehead atoms. The van der Waals surface area contributed by atoms with Gasteiger partial charge in [0.25, 0.3) is 0 Å². The molecule has 2 atom stereocenters. The molecule has 1 saturated heterocycles. The summed E-state index contributed by atoms with van der Waals surface area (Å²) in [6, 6.07) is 0. The average Bonchev–Trinajstić information content (AvgIpc) is 3.52. The van der Waals surface area contributed by atoms with Crippen LogP contribution in [-0.2, 0) is 38.1 Å². The van der Waals surface area contributed by atoms with Gasteiger partial charge in [0.1, 0.15) is 11.2 Å². The molecule has 0 aromatic carbocycles. The van der Waals surface area contributed by atoms with Crippen molar-refractivity contribution in [2.24, 2.45) is 57.7 Å². The Morgan fingerprint density at radius 3 is 1.55 bits per heavy atom. The highest BCUT2D eigenvalue weighted by Gasteiger charge is 2.59. The Kier molecular flexibility index (Phi) is 12.8. The third kappa shape index (κ3) is 8.80. The second kappa shape index (κ2) is 16.1. The number of aliphatic hydroxyl groups is 1. The van der Waals surface area contributed by atoms with E-state index in [0.29, 0.717) is 37.7 Å². The molecular formula is C44H72O9. The van der Waals surface area contributed by atoms with Crippen molar-refractivity contribution in [1.82, 2.24) is 0 Å². The summed E-state index contributed by atoms with van der Waals surface area (Å²) in [5, 5.41) is 9.47. The van der Waals surface area contributed by atoms with Crippen molar-refractivity contribution in [1.29, 1.82) is 0 Å². The van der Waals surface area contributed by atoms with Gasteiger partial charge in [-0.05, 0) is 172 Å². The van der Waals surface area contributed by atoms with Crippen LogP contribution in [0.1, 0.15) is 165 Å². The highest BCUT2D eigenvalue weighted by Crippen LogP contribution is 2.61. The molecule has 1 heterocycles. The quantitative estimate of drug-likeness (QED) is 0.163. The molecule has 0 aromatic heterocycles. The molecule has 0 amide bonds. The smallest absolute Gasteiger partial charge is 0.347 e. The number of hydrogen-bond donors (Lipinski definition) is 1. The molecule has 0 aromatic rings. The minimum absolute atomic E-state index is 0.0364. The van der Waals surface area contributed by atoms with Crippen molar-refractivity contribution < 1.29 is 43.2 Å². The molecule has 53 heavy (non-hydrogen) atoms. The van der Waals surface area contributed by atoms with Gasteiger partial charge in [0, 0.05) is 6.42 Å². The topological polar surface area (TPSA) is 125 Å². The number of esters is 4. The van der Waals surface area contributed by atoms with E-state index in [4.69, 9.17) is 18.9 Å². The standard InChI is InChI=1S/C18H30O2.C16H26O3.C10H16O4/c1-5-17(3,4)16(19)20-18(6-2)14-8-12-7-13(10-14)11-15(18)9-12;1-3-15(2,10-17)14(18)19-16-7-11-4-12(8-16)6-13(5-11)9-16;1-4-10(2,3)9(12)14-7-5-6-13-8(7)11/h12-15H,5-11H2,1-4H3;11-13,17H,3-10H2,1-2H3;7H,4-6H2,1-3H3. The first-order valence-electron chi connectivity index (χ1n) is 21.3. The first-order valence-corrected chi connectivity index (χ1v) is 21.3. The highest BCUT2D eigenvalue weighted by atomic mass is 16.6. The second-order valence-electron chi connectivity index (χ2n) is 19.9. The Bertz CT molecular complexity index is 1260. The van der Waals surface area contributed by atoms with Gasteiger partial charge in [0.2, 0.25) is 6.10 Å². The van der Waals surface area contributed by atoms with Crippen LogP contribution in [0, 0.1) is 57.7 Å². The first-order chi connectivity index (χ1) is 24.9. The molecule has 0 radical (unpaired) electrons. The fourth-order valence-corrected chi connectivity index (χ4v) is 11.1. The zero-order valence-electron chi connectivity index (χ0n) is 34.6. The molecular weight excluding hydrogens is 672 g/mol. The summed E-state index contributed by atoms with van der Waals surface area (Å²) in [5.41, 5.74) is -1.89. The molecule has 8 saturated carbocycles. The number of aliphatic hydroxyl groups excluding tert-OH is 1. The summed E-state index contributed by atoms with van der Waals surface area (Å²) >= 11 is 0. The van der Waals surface area contributed by atoms with Gasteiger partial charge in [-0.3, -0.25) is 14.4 Å². The molecule has 2 unspecified atom stereocenters. The molecule has 1 N–H and O–H groups in total. The van der Waals surface area contributed by atoms with Crippen LogP contribution >= 0.6 is 0 Å². The van der Waals surface area contributed by atoms with E-state index >= 15 is 0 Å². The Labute approximate surface area is 319 Å². The molecule has 9 rings (SSSR count). The predicted molar refractivity (Wildman–Crippen MR) is 202 cm³/mol. The van der Waals surface area contributed by atoms with Crippen LogP contribution in [0.15, 0.2) is 0 Å². The Morgan fingerprint density at radius 1 is 0.679 bits per heavy atom. The Morgan fingerprint density at radius 2 is 1.15 bits per heavy atom. The summed E-state index contributed by atoms with van der Waals surface area (Å²) in [6.07, 6.45) is 16.9. The zero-order valence-corrected chi connectivity index (χ0v) is 34.6. The number of hydrogen-bond acceptors (Lipinski definition) is 9. The maximum atomic E-state index is 12.6. The fraction of sp³-hybridized carbons (Fsp3) is 0.909. The molecule has 0 spiro atoms. The minimum atomic E-state index is -0.719. The fourth-order valence-electron chi connectivity index (χ4n) is 11.1. The van der Waals surface area contributed by atoms with Crippen LogP contribution < -0.4 is 0 Å². The predicted octanol–water partition coefficient (Wildman–Crippen LogP) is 8.76. The first kappa shape index (κ1) is 42.0.